The van der Waals surface area contributed by atoms with Crippen LogP contribution in [0.5, 0.6) is 11.5 Å². The van der Waals surface area contributed by atoms with Crippen LogP contribution in [0.3, 0.4) is 0 Å². The standard InChI is InChI=1S/C16H18N2O3/c1-2-9-18(12-5-3-11(17)4-6-12)16(21)14-8-7-13(19)10-15(14)20/h3-8,10,19-20H,2,9,17H2,1H3. The lowest BCUT2D eigenvalue weighted by Gasteiger charge is -2.23. The van der Waals surface area contributed by atoms with Gasteiger partial charge in [0.1, 0.15) is 11.5 Å². The van der Waals surface area contributed by atoms with Gasteiger partial charge in [-0.3, -0.25) is 4.79 Å². The van der Waals surface area contributed by atoms with E-state index in [1.165, 1.54) is 12.1 Å². The maximum Gasteiger partial charge on any atom is 0.262 e. The Morgan fingerprint density at radius 3 is 2.38 bits per heavy atom. The van der Waals surface area contributed by atoms with Gasteiger partial charge >= 0.3 is 0 Å². The van der Waals surface area contributed by atoms with Crippen molar-refractivity contribution in [2.24, 2.45) is 0 Å². The van der Waals surface area contributed by atoms with Gasteiger partial charge in [-0.05, 0) is 42.8 Å². The predicted octanol–water partition coefficient (Wildman–Crippen LogP) is 2.74. The third-order valence-electron chi connectivity index (χ3n) is 3.11. The fourth-order valence-corrected chi connectivity index (χ4v) is 2.07. The maximum absolute atomic E-state index is 12.6. The topological polar surface area (TPSA) is 86.8 Å². The third-order valence-corrected chi connectivity index (χ3v) is 3.11. The molecule has 0 atom stereocenters. The zero-order valence-corrected chi connectivity index (χ0v) is 11.8. The number of benzene rings is 2. The van der Waals surface area contributed by atoms with E-state index in [2.05, 4.69) is 0 Å². The molecule has 0 spiro atoms. The van der Waals surface area contributed by atoms with E-state index in [4.69, 9.17) is 5.73 Å². The summed E-state index contributed by atoms with van der Waals surface area (Å²) in [6, 6.07) is 10.9. The molecule has 0 aliphatic carbocycles. The van der Waals surface area contributed by atoms with Crippen molar-refractivity contribution in [3.05, 3.63) is 48.0 Å². The summed E-state index contributed by atoms with van der Waals surface area (Å²) in [6.07, 6.45) is 0.773. The van der Waals surface area contributed by atoms with Crippen LogP contribution in [0.1, 0.15) is 23.7 Å². The summed E-state index contributed by atoms with van der Waals surface area (Å²) in [4.78, 5) is 14.2. The number of rotatable bonds is 4. The summed E-state index contributed by atoms with van der Waals surface area (Å²) in [6.45, 7) is 2.48. The highest BCUT2D eigenvalue weighted by Crippen LogP contribution is 2.26. The number of carbonyl (C=O) groups excluding carboxylic acids is 1. The molecule has 0 aliphatic heterocycles. The van der Waals surface area contributed by atoms with Gasteiger partial charge in [0, 0.05) is 24.0 Å². The van der Waals surface area contributed by atoms with Crippen molar-refractivity contribution in [2.45, 2.75) is 13.3 Å². The molecule has 0 bridgehead atoms. The molecule has 110 valence electrons. The summed E-state index contributed by atoms with van der Waals surface area (Å²) < 4.78 is 0. The number of nitrogens with zero attached hydrogens (tertiary/aromatic N) is 1. The van der Waals surface area contributed by atoms with E-state index >= 15 is 0 Å². The van der Waals surface area contributed by atoms with E-state index in [0.29, 0.717) is 17.9 Å². The second-order valence-electron chi connectivity index (χ2n) is 4.75. The van der Waals surface area contributed by atoms with E-state index in [-0.39, 0.29) is 23.0 Å². The minimum Gasteiger partial charge on any atom is -0.508 e. The van der Waals surface area contributed by atoms with Gasteiger partial charge < -0.3 is 20.8 Å². The van der Waals surface area contributed by atoms with Crippen LogP contribution in [0.15, 0.2) is 42.5 Å². The second kappa shape index (κ2) is 6.17. The van der Waals surface area contributed by atoms with Gasteiger partial charge in [0.15, 0.2) is 0 Å². The molecule has 5 heteroatoms. The third kappa shape index (κ3) is 3.25. The molecule has 0 saturated heterocycles. The van der Waals surface area contributed by atoms with Crippen LogP contribution in [0.25, 0.3) is 0 Å². The van der Waals surface area contributed by atoms with E-state index in [1.807, 2.05) is 6.92 Å². The minimum atomic E-state index is -0.320. The zero-order valence-electron chi connectivity index (χ0n) is 11.8. The molecule has 0 unspecified atom stereocenters. The summed E-state index contributed by atoms with van der Waals surface area (Å²) in [5, 5.41) is 19.2. The Morgan fingerprint density at radius 1 is 1.14 bits per heavy atom. The lowest BCUT2D eigenvalue weighted by molar-refractivity contribution is 0.0984. The first kappa shape index (κ1) is 14.7. The van der Waals surface area contributed by atoms with Crippen molar-refractivity contribution in [1.29, 1.82) is 0 Å². The Balaban J connectivity index is 2.37. The number of aromatic hydroxyl groups is 2. The average Bonchev–Trinajstić information content (AvgIpc) is 2.45. The van der Waals surface area contributed by atoms with E-state index in [1.54, 1.807) is 29.2 Å². The number of hydrogen-bond donors (Lipinski definition) is 3. The average molecular weight is 286 g/mol. The Morgan fingerprint density at radius 2 is 1.81 bits per heavy atom. The summed E-state index contributed by atoms with van der Waals surface area (Å²) >= 11 is 0. The maximum atomic E-state index is 12.6. The Hall–Kier alpha value is -2.69. The SMILES string of the molecule is CCCN(C(=O)c1ccc(O)cc1O)c1ccc(N)cc1. The molecule has 4 N–H and O–H groups in total. The number of nitrogen functional groups attached to an aromatic ring is 1. The second-order valence-corrected chi connectivity index (χ2v) is 4.75. The number of phenolic OH excluding ortho intramolecular Hbond substituents is 2. The molecule has 5 nitrogen and oxygen atoms in total. The van der Waals surface area contributed by atoms with Crippen LogP contribution in [0, 0.1) is 0 Å². The van der Waals surface area contributed by atoms with Crippen LogP contribution < -0.4 is 10.6 Å². The van der Waals surface area contributed by atoms with Gasteiger partial charge in [-0.2, -0.15) is 0 Å². The van der Waals surface area contributed by atoms with Crippen LogP contribution in [-0.2, 0) is 0 Å². The van der Waals surface area contributed by atoms with Crippen LogP contribution in [0.2, 0.25) is 0 Å². The van der Waals surface area contributed by atoms with Crippen molar-refractivity contribution in [3.63, 3.8) is 0 Å². The van der Waals surface area contributed by atoms with Gasteiger partial charge in [-0.15, -0.1) is 0 Å². The molecule has 0 heterocycles. The van der Waals surface area contributed by atoms with Gasteiger partial charge in [0.2, 0.25) is 0 Å². The highest BCUT2D eigenvalue weighted by molar-refractivity contribution is 6.08. The number of hydrogen-bond acceptors (Lipinski definition) is 4. The van der Waals surface area contributed by atoms with Gasteiger partial charge in [0.05, 0.1) is 5.56 Å². The van der Waals surface area contributed by atoms with Gasteiger partial charge in [-0.1, -0.05) is 6.92 Å². The molecule has 2 rings (SSSR count). The Kier molecular flexibility index (Phi) is 4.33. The molecule has 0 fully saturated rings. The normalized spacial score (nSPS) is 10.3. The number of phenols is 2. The van der Waals surface area contributed by atoms with Crippen molar-refractivity contribution < 1.29 is 15.0 Å². The molecule has 2 aromatic carbocycles. The van der Waals surface area contributed by atoms with Crippen molar-refractivity contribution in [2.75, 3.05) is 17.2 Å². The quantitative estimate of drug-likeness (QED) is 0.754. The highest BCUT2D eigenvalue weighted by Gasteiger charge is 2.20. The van der Waals surface area contributed by atoms with Crippen LogP contribution >= 0.6 is 0 Å². The fourth-order valence-electron chi connectivity index (χ4n) is 2.07. The lowest BCUT2D eigenvalue weighted by Crippen LogP contribution is -2.31. The highest BCUT2D eigenvalue weighted by atomic mass is 16.3. The van der Waals surface area contributed by atoms with Crippen molar-refractivity contribution >= 4 is 17.3 Å². The monoisotopic (exact) mass is 286 g/mol. The Labute approximate surface area is 123 Å². The first-order chi connectivity index (χ1) is 10.0. The summed E-state index contributed by atoms with van der Waals surface area (Å²) in [7, 11) is 0. The molecule has 2 aromatic rings. The smallest absolute Gasteiger partial charge is 0.262 e. The van der Waals surface area contributed by atoms with Gasteiger partial charge in [0.25, 0.3) is 5.91 Å². The molecule has 1 amide bonds. The van der Waals surface area contributed by atoms with Gasteiger partial charge in [-0.25, -0.2) is 0 Å². The van der Waals surface area contributed by atoms with E-state index in [0.717, 1.165) is 12.5 Å². The molecule has 21 heavy (non-hydrogen) atoms. The molecule has 0 aliphatic rings. The van der Waals surface area contributed by atoms with Crippen LogP contribution in [0.4, 0.5) is 11.4 Å². The Bertz CT molecular complexity index is 638. The predicted molar refractivity (Wildman–Crippen MR) is 82.6 cm³/mol. The lowest BCUT2D eigenvalue weighted by atomic mass is 10.1. The largest absolute Gasteiger partial charge is 0.508 e. The van der Waals surface area contributed by atoms with E-state index < -0.39 is 0 Å². The fraction of sp³-hybridized carbons (Fsp3) is 0.188. The number of amides is 1. The summed E-state index contributed by atoms with van der Waals surface area (Å²) in [5.41, 5.74) is 7.14. The molecular weight excluding hydrogens is 268 g/mol. The molecular formula is C16H18N2O3. The van der Waals surface area contributed by atoms with Crippen molar-refractivity contribution in [1.82, 2.24) is 0 Å². The first-order valence-corrected chi connectivity index (χ1v) is 6.72. The first-order valence-electron chi connectivity index (χ1n) is 6.72. The number of nitrogens with two attached hydrogens (primary N) is 1. The minimum absolute atomic E-state index is 0.0847. The number of carbonyl (C=O) groups is 1. The molecule has 0 radical (unpaired) electrons. The van der Waals surface area contributed by atoms with Crippen LogP contribution in [-0.4, -0.2) is 22.7 Å². The molecule has 0 saturated carbocycles. The van der Waals surface area contributed by atoms with Crippen molar-refractivity contribution in [3.8, 4) is 11.5 Å². The molecule has 0 aromatic heterocycles. The number of anilines is 2. The van der Waals surface area contributed by atoms with E-state index in [9.17, 15) is 15.0 Å². The summed E-state index contributed by atoms with van der Waals surface area (Å²) in [5.74, 6) is -0.644. The zero-order chi connectivity index (χ0) is 15.4.